The van der Waals surface area contributed by atoms with Crippen LogP contribution in [0.2, 0.25) is 0 Å². The maximum Gasteiger partial charge on any atom is 0.296 e. The predicted octanol–water partition coefficient (Wildman–Crippen LogP) is 1.90. The smallest absolute Gasteiger partial charge is 0.274 e. The average molecular weight is 247 g/mol. The summed E-state index contributed by atoms with van der Waals surface area (Å²) in [7, 11) is 0. The van der Waals surface area contributed by atoms with Gasteiger partial charge in [-0.1, -0.05) is 18.2 Å². The highest BCUT2D eigenvalue weighted by atomic mass is 15.2. The van der Waals surface area contributed by atoms with Gasteiger partial charge in [-0.3, -0.25) is 9.38 Å². The summed E-state index contributed by atoms with van der Waals surface area (Å²) in [6, 6.07) is 8.60. The van der Waals surface area contributed by atoms with Crippen LogP contribution in [0.4, 0.5) is 0 Å². The number of nitrogens with zero attached hydrogens (tertiary/aromatic N) is 4. The van der Waals surface area contributed by atoms with Crippen LogP contribution in [0, 0.1) is 0 Å². The van der Waals surface area contributed by atoms with E-state index in [1.54, 1.807) is 0 Å². The lowest BCUT2D eigenvalue weighted by atomic mass is 10.1. The van der Waals surface area contributed by atoms with Gasteiger partial charge in [0.2, 0.25) is 0 Å². The number of rotatable bonds is 0. The minimum absolute atomic E-state index is 0.959. The first-order valence-corrected chi connectivity index (χ1v) is 6.36. The van der Waals surface area contributed by atoms with Crippen LogP contribution in [0.3, 0.4) is 0 Å². The number of fused-ring (bicyclic) bond motifs is 7. The van der Waals surface area contributed by atoms with Gasteiger partial charge in [-0.25, -0.2) is 4.57 Å². The molecule has 0 fully saturated rings. The zero-order valence-corrected chi connectivity index (χ0v) is 10.2. The van der Waals surface area contributed by atoms with Crippen molar-refractivity contribution in [3.8, 4) is 11.4 Å². The second-order valence-corrected chi connectivity index (χ2v) is 4.97. The van der Waals surface area contributed by atoms with Crippen molar-refractivity contribution in [1.29, 1.82) is 0 Å². The van der Waals surface area contributed by atoms with Crippen molar-refractivity contribution in [2.24, 2.45) is 0 Å². The van der Waals surface area contributed by atoms with Crippen LogP contribution in [0.15, 0.2) is 55.2 Å². The van der Waals surface area contributed by atoms with Gasteiger partial charge in [0.05, 0.1) is 11.8 Å². The number of aromatic nitrogens is 4. The topological polar surface area (TPSA) is 25.6 Å². The largest absolute Gasteiger partial charge is 0.296 e. The van der Waals surface area contributed by atoms with Gasteiger partial charge in [-0.15, -0.1) is 0 Å². The molecule has 3 aromatic heterocycles. The van der Waals surface area contributed by atoms with Gasteiger partial charge in [0.25, 0.3) is 11.5 Å². The van der Waals surface area contributed by atoms with Crippen LogP contribution in [0.25, 0.3) is 22.6 Å². The van der Waals surface area contributed by atoms with E-state index in [9.17, 15) is 0 Å². The third-order valence-electron chi connectivity index (χ3n) is 3.91. The third kappa shape index (κ3) is 1.04. The Bertz CT molecular complexity index is 945. The molecule has 0 radical (unpaired) electrons. The van der Waals surface area contributed by atoms with E-state index in [0.717, 1.165) is 12.1 Å². The summed E-state index contributed by atoms with van der Waals surface area (Å²) >= 11 is 0. The standard InChI is InChI=1S/C15H11N4/c1-2-4-13-11(3-1)8-17-10-14-18-6-5-16-7-12(18)9-19(14)15(13)17/h1-7,9-10H,8H2/q+1. The molecule has 0 saturated carbocycles. The van der Waals surface area contributed by atoms with E-state index in [0.29, 0.717) is 0 Å². The zero-order valence-electron chi connectivity index (χ0n) is 10.2. The Morgan fingerprint density at radius 3 is 3.11 bits per heavy atom. The molecule has 4 heterocycles. The quantitative estimate of drug-likeness (QED) is 0.384. The van der Waals surface area contributed by atoms with Crippen LogP contribution < -0.4 is 4.57 Å². The van der Waals surface area contributed by atoms with E-state index >= 15 is 0 Å². The highest BCUT2D eigenvalue weighted by molar-refractivity contribution is 5.66. The fourth-order valence-corrected chi connectivity index (χ4v) is 3.09. The first-order valence-electron chi connectivity index (χ1n) is 6.36. The normalized spacial score (nSPS) is 13.1. The van der Waals surface area contributed by atoms with Crippen LogP contribution in [-0.4, -0.2) is 13.8 Å². The van der Waals surface area contributed by atoms with Gasteiger partial charge in [0.15, 0.2) is 6.20 Å². The molecule has 1 aliphatic rings. The molecule has 90 valence electrons. The molecule has 0 spiro atoms. The molecule has 0 N–H and O–H groups in total. The number of hydrogen-bond acceptors (Lipinski definition) is 1. The first kappa shape index (κ1) is 9.33. The van der Waals surface area contributed by atoms with Crippen LogP contribution >= 0.6 is 0 Å². The van der Waals surface area contributed by atoms with Gasteiger partial charge in [-0.05, 0) is 6.07 Å². The fraction of sp³-hybridized carbons (Fsp3) is 0.0667. The van der Waals surface area contributed by atoms with Gasteiger partial charge >= 0.3 is 0 Å². The fourth-order valence-electron chi connectivity index (χ4n) is 3.09. The van der Waals surface area contributed by atoms with Crippen molar-refractivity contribution in [2.75, 3.05) is 0 Å². The number of benzene rings is 1. The molecule has 0 unspecified atom stereocenters. The Balaban J connectivity index is 1.97. The lowest BCUT2D eigenvalue weighted by Gasteiger charge is -1.92. The van der Waals surface area contributed by atoms with Gasteiger partial charge in [0.1, 0.15) is 18.3 Å². The molecule has 1 aromatic carbocycles. The number of imidazole rings is 2. The van der Waals surface area contributed by atoms with E-state index in [2.05, 4.69) is 55.0 Å². The molecule has 0 saturated heterocycles. The second kappa shape index (κ2) is 3.03. The van der Waals surface area contributed by atoms with Gasteiger partial charge in [0, 0.05) is 18.0 Å². The zero-order chi connectivity index (χ0) is 12.4. The van der Waals surface area contributed by atoms with E-state index < -0.39 is 0 Å². The van der Waals surface area contributed by atoms with E-state index in [4.69, 9.17) is 0 Å². The van der Waals surface area contributed by atoms with Crippen LogP contribution in [0.1, 0.15) is 5.56 Å². The molecular weight excluding hydrogens is 236 g/mol. The Kier molecular flexibility index (Phi) is 1.49. The minimum atomic E-state index is 0.959. The van der Waals surface area contributed by atoms with Crippen molar-refractivity contribution in [3.63, 3.8) is 0 Å². The molecular formula is C15H11N4+. The Hall–Kier alpha value is -2.62. The van der Waals surface area contributed by atoms with Crippen LogP contribution in [-0.2, 0) is 6.54 Å². The lowest BCUT2D eigenvalue weighted by Crippen LogP contribution is -2.29. The summed E-state index contributed by atoms with van der Waals surface area (Å²) in [4.78, 5) is 4.18. The second-order valence-electron chi connectivity index (χ2n) is 4.97. The first-order chi connectivity index (χ1) is 9.42. The summed E-state index contributed by atoms with van der Waals surface area (Å²) in [5, 5.41) is 0. The summed E-state index contributed by atoms with van der Waals surface area (Å²) in [5.41, 5.74) is 5.01. The summed E-state index contributed by atoms with van der Waals surface area (Å²) in [5.74, 6) is 1.26. The molecule has 4 heteroatoms. The van der Waals surface area contributed by atoms with Crippen molar-refractivity contribution in [2.45, 2.75) is 6.54 Å². The minimum Gasteiger partial charge on any atom is -0.274 e. The molecule has 0 bridgehead atoms. The van der Waals surface area contributed by atoms with Crippen molar-refractivity contribution < 1.29 is 4.57 Å². The van der Waals surface area contributed by atoms with E-state index in [1.165, 1.54) is 22.6 Å². The molecule has 19 heavy (non-hydrogen) atoms. The van der Waals surface area contributed by atoms with Crippen molar-refractivity contribution >= 4 is 11.2 Å². The molecule has 4 aromatic rings. The molecule has 1 aliphatic heterocycles. The highest BCUT2D eigenvalue weighted by Crippen LogP contribution is 2.28. The molecule has 4 nitrogen and oxygen atoms in total. The summed E-state index contributed by atoms with van der Waals surface area (Å²) < 4.78 is 6.73. The predicted molar refractivity (Wildman–Crippen MR) is 70.9 cm³/mol. The molecule has 0 atom stereocenters. The number of hydrogen-bond donors (Lipinski definition) is 0. The Morgan fingerprint density at radius 1 is 1.16 bits per heavy atom. The maximum absolute atomic E-state index is 4.18. The Morgan fingerprint density at radius 2 is 2.11 bits per heavy atom. The third-order valence-corrected chi connectivity index (χ3v) is 3.91. The van der Waals surface area contributed by atoms with E-state index in [1.807, 2.05) is 18.6 Å². The summed E-state index contributed by atoms with van der Waals surface area (Å²) in [6.07, 6.45) is 10.1. The van der Waals surface area contributed by atoms with Crippen molar-refractivity contribution in [3.05, 3.63) is 60.8 Å². The lowest BCUT2D eigenvalue weighted by molar-refractivity contribution is -0.670. The van der Waals surface area contributed by atoms with Crippen LogP contribution in [0.5, 0.6) is 0 Å². The van der Waals surface area contributed by atoms with Crippen molar-refractivity contribution in [1.82, 2.24) is 13.8 Å². The molecule has 5 rings (SSSR count). The van der Waals surface area contributed by atoms with Gasteiger partial charge < -0.3 is 0 Å². The summed E-state index contributed by atoms with van der Waals surface area (Å²) in [6.45, 7) is 0.959. The molecule has 0 amide bonds. The Labute approximate surface area is 109 Å². The van der Waals surface area contributed by atoms with Gasteiger partial charge in [-0.2, -0.15) is 4.40 Å². The maximum atomic E-state index is 4.18. The monoisotopic (exact) mass is 247 g/mol. The highest BCUT2D eigenvalue weighted by Gasteiger charge is 2.30. The van der Waals surface area contributed by atoms with E-state index in [-0.39, 0.29) is 0 Å². The SMILES string of the molecule is c1ccc2c(c1)C[n+]1cc3n(cc4cnccn43)c1-2. The average Bonchev–Trinajstić information content (AvgIpc) is 3.05. The molecule has 0 aliphatic carbocycles.